The summed E-state index contributed by atoms with van der Waals surface area (Å²) in [7, 11) is 0. The standard InChI is InChI=1S/C15H20F3NO/c1-2-3-8-14(11-19-9-10-20-14)12-4-6-13(7-5-12)15(16,17)18/h4-7,19H,2-3,8-11H2,1H3. The topological polar surface area (TPSA) is 21.3 Å². The molecule has 1 aromatic carbocycles. The molecule has 0 radical (unpaired) electrons. The highest BCUT2D eigenvalue weighted by atomic mass is 19.4. The average molecular weight is 287 g/mol. The maximum absolute atomic E-state index is 12.6. The predicted molar refractivity (Wildman–Crippen MR) is 71.5 cm³/mol. The molecule has 1 aliphatic heterocycles. The zero-order chi connectivity index (χ0) is 14.6. The second-order valence-electron chi connectivity index (χ2n) is 5.20. The number of unbranched alkanes of at least 4 members (excludes halogenated alkanes) is 1. The molecule has 0 spiro atoms. The summed E-state index contributed by atoms with van der Waals surface area (Å²) in [5.74, 6) is 0. The van der Waals surface area contributed by atoms with Crippen molar-refractivity contribution in [2.24, 2.45) is 0 Å². The number of hydrogen-bond acceptors (Lipinski definition) is 2. The summed E-state index contributed by atoms with van der Waals surface area (Å²) >= 11 is 0. The monoisotopic (exact) mass is 287 g/mol. The first-order valence-corrected chi connectivity index (χ1v) is 7.00. The van der Waals surface area contributed by atoms with Crippen molar-refractivity contribution in [3.63, 3.8) is 0 Å². The molecule has 0 aromatic heterocycles. The minimum absolute atomic E-state index is 0.488. The van der Waals surface area contributed by atoms with E-state index in [1.807, 2.05) is 0 Å². The number of rotatable bonds is 4. The number of benzene rings is 1. The van der Waals surface area contributed by atoms with Gasteiger partial charge in [-0.2, -0.15) is 13.2 Å². The van der Waals surface area contributed by atoms with Crippen LogP contribution >= 0.6 is 0 Å². The van der Waals surface area contributed by atoms with E-state index in [2.05, 4.69) is 12.2 Å². The third-order valence-corrected chi connectivity index (χ3v) is 3.74. The van der Waals surface area contributed by atoms with Gasteiger partial charge in [-0.15, -0.1) is 0 Å². The zero-order valence-electron chi connectivity index (χ0n) is 11.6. The number of nitrogens with one attached hydrogen (secondary N) is 1. The first-order valence-electron chi connectivity index (χ1n) is 7.00. The predicted octanol–water partition coefficient (Wildman–Crippen LogP) is 3.71. The van der Waals surface area contributed by atoms with E-state index in [0.717, 1.165) is 43.5 Å². The number of morpholine rings is 1. The second-order valence-corrected chi connectivity index (χ2v) is 5.20. The molecule has 0 saturated carbocycles. The molecule has 1 aliphatic rings. The Balaban J connectivity index is 2.24. The van der Waals surface area contributed by atoms with Crippen LogP contribution in [0, 0.1) is 0 Å². The van der Waals surface area contributed by atoms with E-state index in [-0.39, 0.29) is 0 Å². The smallest absolute Gasteiger partial charge is 0.368 e. The van der Waals surface area contributed by atoms with Crippen molar-refractivity contribution in [1.29, 1.82) is 0 Å². The number of alkyl halides is 3. The molecular weight excluding hydrogens is 267 g/mol. The van der Waals surface area contributed by atoms with Crippen LogP contribution in [0.5, 0.6) is 0 Å². The summed E-state index contributed by atoms with van der Waals surface area (Å²) in [5.41, 5.74) is -0.278. The van der Waals surface area contributed by atoms with Gasteiger partial charge in [-0.3, -0.25) is 0 Å². The largest absolute Gasteiger partial charge is 0.416 e. The van der Waals surface area contributed by atoms with Crippen molar-refractivity contribution in [2.75, 3.05) is 19.7 Å². The van der Waals surface area contributed by atoms with Crippen LogP contribution in [-0.2, 0) is 16.5 Å². The van der Waals surface area contributed by atoms with Gasteiger partial charge in [0.15, 0.2) is 0 Å². The van der Waals surface area contributed by atoms with E-state index >= 15 is 0 Å². The number of ether oxygens (including phenoxy) is 1. The van der Waals surface area contributed by atoms with Crippen LogP contribution in [0.2, 0.25) is 0 Å². The summed E-state index contributed by atoms with van der Waals surface area (Å²) in [6.07, 6.45) is -1.45. The zero-order valence-corrected chi connectivity index (χ0v) is 11.6. The van der Waals surface area contributed by atoms with Crippen LogP contribution < -0.4 is 5.32 Å². The Morgan fingerprint density at radius 1 is 1.25 bits per heavy atom. The molecule has 20 heavy (non-hydrogen) atoms. The van der Waals surface area contributed by atoms with Gasteiger partial charge in [0.1, 0.15) is 5.60 Å². The molecule has 0 bridgehead atoms. The van der Waals surface area contributed by atoms with E-state index in [1.165, 1.54) is 0 Å². The molecule has 1 atom stereocenters. The Hall–Kier alpha value is -1.07. The molecule has 112 valence electrons. The van der Waals surface area contributed by atoms with E-state index in [4.69, 9.17) is 4.74 Å². The van der Waals surface area contributed by atoms with Crippen molar-refractivity contribution in [2.45, 2.75) is 38.0 Å². The molecule has 2 nitrogen and oxygen atoms in total. The van der Waals surface area contributed by atoms with Gasteiger partial charge in [-0.1, -0.05) is 31.9 Å². The molecule has 1 heterocycles. The van der Waals surface area contributed by atoms with E-state index in [1.54, 1.807) is 12.1 Å². The third-order valence-electron chi connectivity index (χ3n) is 3.74. The summed E-state index contributed by atoms with van der Waals surface area (Å²) in [4.78, 5) is 0. The van der Waals surface area contributed by atoms with Crippen LogP contribution in [0.4, 0.5) is 13.2 Å². The minimum atomic E-state index is -4.29. The quantitative estimate of drug-likeness (QED) is 0.911. The fourth-order valence-electron chi connectivity index (χ4n) is 2.58. The normalized spacial score (nSPS) is 23.8. The first-order chi connectivity index (χ1) is 9.48. The van der Waals surface area contributed by atoms with Crippen molar-refractivity contribution < 1.29 is 17.9 Å². The van der Waals surface area contributed by atoms with Crippen LogP contribution in [0.25, 0.3) is 0 Å². The second kappa shape index (κ2) is 6.14. The van der Waals surface area contributed by atoms with Gasteiger partial charge in [-0.25, -0.2) is 0 Å². The van der Waals surface area contributed by atoms with Gasteiger partial charge in [0.25, 0.3) is 0 Å². The lowest BCUT2D eigenvalue weighted by atomic mass is 9.86. The van der Waals surface area contributed by atoms with E-state index in [0.29, 0.717) is 13.2 Å². The van der Waals surface area contributed by atoms with Crippen LogP contribution in [0.15, 0.2) is 24.3 Å². The highest BCUT2D eigenvalue weighted by Gasteiger charge is 2.36. The fourth-order valence-corrected chi connectivity index (χ4v) is 2.58. The maximum atomic E-state index is 12.6. The molecule has 0 aliphatic carbocycles. The highest BCUT2D eigenvalue weighted by Crippen LogP contribution is 2.35. The molecule has 1 saturated heterocycles. The Kier molecular flexibility index (Phi) is 4.70. The van der Waals surface area contributed by atoms with Crippen molar-refractivity contribution in [3.05, 3.63) is 35.4 Å². The highest BCUT2D eigenvalue weighted by molar-refractivity contribution is 5.29. The van der Waals surface area contributed by atoms with Crippen molar-refractivity contribution in [3.8, 4) is 0 Å². The third kappa shape index (κ3) is 3.33. The molecule has 5 heteroatoms. The molecule has 1 N–H and O–H groups in total. The molecule has 2 rings (SSSR count). The summed E-state index contributed by atoms with van der Waals surface area (Å²) < 4.78 is 43.8. The van der Waals surface area contributed by atoms with Crippen molar-refractivity contribution in [1.82, 2.24) is 5.32 Å². The van der Waals surface area contributed by atoms with Crippen LogP contribution in [0.3, 0.4) is 0 Å². The Bertz CT molecular complexity index is 422. The molecule has 1 aromatic rings. The summed E-state index contributed by atoms with van der Waals surface area (Å²) in [6, 6.07) is 5.37. The van der Waals surface area contributed by atoms with E-state index in [9.17, 15) is 13.2 Å². The lowest BCUT2D eigenvalue weighted by molar-refractivity contribution is -0.137. The Morgan fingerprint density at radius 3 is 2.45 bits per heavy atom. The van der Waals surface area contributed by atoms with Crippen LogP contribution in [-0.4, -0.2) is 19.7 Å². The first kappa shape index (κ1) is 15.3. The molecular formula is C15H20F3NO. The number of halogens is 3. The average Bonchev–Trinajstić information content (AvgIpc) is 2.45. The van der Waals surface area contributed by atoms with Gasteiger partial charge < -0.3 is 10.1 Å². The Morgan fingerprint density at radius 2 is 1.95 bits per heavy atom. The van der Waals surface area contributed by atoms with E-state index < -0.39 is 17.3 Å². The van der Waals surface area contributed by atoms with Gasteiger partial charge in [0.2, 0.25) is 0 Å². The van der Waals surface area contributed by atoms with Gasteiger partial charge in [-0.05, 0) is 24.1 Å². The number of hydrogen-bond donors (Lipinski definition) is 1. The Labute approximate surface area is 117 Å². The van der Waals surface area contributed by atoms with Crippen molar-refractivity contribution >= 4 is 0 Å². The summed E-state index contributed by atoms with van der Waals surface area (Å²) in [5, 5.41) is 3.28. The lowest BCUT2D eigenvalue weighted by Gasteiger charge is -2.38. The molecule has 1 fully saturated rings. The SMILES string of the molecule is CCCCC1(c2ccc(C(F)(F)F)cc2)CNCCO1. The van der Waals surface area contributed by atoms with Crippen LogP contribution in [0.1, 0.15) is 37.3 Å². The molecule has 0 amide bonds. The fraction of sp³-hybridized carbons (Fsp3) is 0.600. The maximum Gasteiger partial charge on any atom is 0.416 e. The lowest BCUT2D eigenvalue weighted by Crippen LogP contribution is -2.47. The minimum Gasteiger partial charge on any atom is -0.368 e. The van der Waals surface area contributed by atoms with Gasteiger partial charge >= 0.3 is 6.18 Å². The van der Waals surface area contributed by atoms with Gasteiger partial charge in [0.05, 0.1) is 12.2 Å². The summed E-state index contributed by atoms with van der Waals surface area (Å²) in [6.45, 7) is 4.12. The molecule has 1 unspecified atom stereocenters. The van der Waals surface area contributed by atoms with Gasteiger partial charge in [0, 0.05) is 13.1 Å².